The van der Waals surface area contributed by atoms with E-state index < -0.39 is 62.8 Å². The van der Waals surface area contributed by atoms with E-state index in [1.54, 1.807) is 0 Å². The fourth-order valence-electron chi connectivity index (χ4n) is 0.852. The minimum absolute atomic E-state index is 0.158. The Bertz CT molecular complexity index is 718. The molecule has 0 unspecified atom stereocenters. The van der Waals surface area contributed by atoms with Gasteiger partial charge in [-0.15, -0.1) is 0 Å². The maximum Gasteiger partial charge on any atom is 0.488 e. The van der Waals surface area contributed by atoms with Crippen LogP contribution in [0.2, 0.25) is 0 Å². The minimum Gasteiger partial charge on any atom is -0.423 e. The standard InChI is InChI=1S/C9H13BN2O3/c13-10(14)8-1-2-11-9(7-8)12-3-5-15-6-4-12/h1-2,7,13-14H,3-6H2/i1D,2D,3D2,4D2,5D2,6D2,7D. The average molecular weight is 219 g/mol. The third-order valence-corrected chi connectivity index (χ3v) is 1.49. The van der Waals surface area contributed by atoms with Crippen molar-refractivity contribution in [1.29, 1.82) is 0 Å². The molecule has 0 atom stereocenters. The normalized spacial score (nSPS) is 40.7. The van der Waals surface area contributed by atoms with E-state index in [1.165, 1.54) is 0 Å². The van der Waals surface area contributed by atoms with E-state index >= 15 is 0 Å². The second kappa shape index (κ2) is 4.61. The molecule has 0 saturated carbocycles. The maximum atomic E-state index is 9.32. The van der Waals surface area contributed by atoms with E-state index in [2.05, 4.69) is 9.72 Å². The second-order valence-corrected chi connectivity index (χ2v) is 2.45. The molecule has 1 aliphatic rings. The Balaban J connectivity index is 2.87. The van der Waals surface area contributed by atoms with E-state index in [0.717, 1.165) is 0 Å². The van der Waals surface area contributed by atoms with Crippen molar-refractivity contribution in [2.75, 3.05) is 31.0 Å². The van der Waals surface area contributed by atoms with E-state index in [9.17, 15) is 10.0 Å². The van der Waals surface area contributed by atoms with Crippen molar-refractivity contribution in [3.05, 3.63) is 18.3 Å². The highest BCUT2D eigenvalue weighted by Crippen LogP contribution is 2.09. The van der Waals surface area contributed by atoms with Crippen molar-refractivity contribution in [1.82, 2.24) is 4.98 Å². The molecule has 15 heavy (non-hydrogen) atoms. The van der Waals surface area contributed by atoms with E-state index in [4.69, 9.17) is 15.1 Å². The van der Waals surface area contributed by atoms with Gasteiger partial charge in [-0.3, -0.25) is 0 Å². The first-order chi connectivity index (χ1) is 11.5. The fraction of sp³-hybridized carbons (Fsp3) is 0.444. The van der Waals surface area contributed by atoms with Crippen molar-refractivity contribution in [3.8, 4) is 0 Å². The largest absolute Gasteiger partial charge is 0.488 e. The van der Waals surface area contributed by atoms with Crippen molar-refractivity contribution in [3.63, 3.8) is 0 Å². The number of hydrogen-bond acceptors (Lipinski definition) is 5. The smallest absolute Gasteiger partial charge is 0.423 e. The Kier molecular flexibility index (Phi) is 1.06. The number of aromatic nitrogens is 1. The van der Waals surface area contributed by atoms with Crippen LogP contribution in [0.15, 0.2) is 18.3 Å². The first kappa shape index (κ1) is 3.45. The summed E-state index contributed by atoms with van der Waals surface area (Å²) in [5.74, 6) is -1.08. The predicted octanol–water partition coefficient (Wildman–Crippen LogP) is -1.40. The summed E-state index contributed by atoms with van der Waals surface area (Å²) in [6, 6.07) is -1.95. The van der Waals surface area contributed by atoms with Crippen LogP contribution >= 0.6 is 0 Å². The number of morpholine rings is 1. The van der Waals surface area contributed by atoms with Crippen LogP contribution in [0, 0.1) is 0 Å². The molecule has 5 nitrogen and oxygen atoms in total. The highest BCUT2D eigenvalue weighted by atomic mass is 16.5. The lowest BCUT2D eigenvalue weighted by Gasteiger charge is -2.27. The third kappa shape index (κ3) is 2.47. The van der Waals surface area contributed by atoms with Gasteiger partial charge in [-0.2, -0.15) is 0 Å². The number of nitrogens with zero attached hydrogens (tertiary/aromatic N) is 2. The van der Waals surface area contributed by atoms with Gasteiger partial charge in [0.2, 0.25) is 0 Å². The zero-order valence-electron chi connectivity index (χ0n) is 18.3. The lowest BCUT2D eigenvalue weighted by molar-refractivity contribution is 0.122. The van der Waals surface area contributed by atoms with Gasteiger partial charge in [0.25, 0.3) is 0 Å². The molecule has 1 saturated heterocycles. The van der Waals surface area contributed by atoms with E-state index in [1.807, 2.05) is 0 Å². The molecule has 80 valence electrons. The highest BCUT2D eigenvalue weighted by Gasteiger charge is 2.16. The number of hydrogen-bond donors (Lipinski definition) is 2. The monoisotopic (exact) mass is 219 g/mol. The van der Waals surface area contributed by atoms with E-state index in [0.29, 0.717) is 0 Å². The molecule has 1 aliphatic heterocycles. The van der Waals surface area contributed by atoms with Crippen LogP contribution in [-0.2, 0) is 4.74 Å². The van der Waals surface area contributed by atoms with Crippen LogP contribution in [-0.4, -0.2) is 48.3 Å². The van der Waals surface area contributed by atoms with Crippen LogP contribution in [0.5, 0.6) is 0 Å². The van der Waals surface area contributed by atoms with Gasteiger partial charge in [-0.05, 0) is 17.5 Å². The molecule has 2 heterocycles. The molecular weight excluding hydrogens is 195 g/mol. The Morgan fingerprint density at radius 2 is 2.27 bits per heavy atom. The molecule has 6 heteroatoms. The third-order valence-electron chi connectivity index (χ3n) is 1.49. The van der Waals surface area contributed by atoms with Crippen LogP contribution in [0.4, 0.5) is 5.82 Å². The van der Waals surface area contributed by atoms with Gasteiger partial charge in [0.05, 0.1) is 28.2 Å². The second-order valence-electron chi connectivity index (χ2n) is 2.45. The topological polar surface area (TPSA) is 65.8 Å². The number of anilines is 1. The highest BCUT2D eigenvalue weighted by molar-refractivity contribution is 6.58. The van der Waals surface area contributed by atoms with Crippen LogP contribution in [0.1, 0.15) is 15.1 Å². The zero-order valence-corrected chi connectivity index (χ0v) is 7.27. The maximum absolute atomic E-state index is 9.32. The molecule has 0 spiro atoms. The molecule has 1 aromatic rings. The summed E-state index contributed by atoms with van der Waals surface area (Å²) in [5.41, 5.74) is -0.890. The average Bonchev–Trinajstić information content (AvgIpc) is 2.41. The number of pyridine rings is 1. The molecule has 2 N–H and O–H groups in total. The first-order valence-electron chi connectivity index (χ1n) is 9.33. The van der Waals surface area contributed by atoms with Crippen LogP contribution in [0.3, 0.4) is 0 Å². The van der Waals surface area contributed by atoms with Gasteiger partial charge in [0, 0.05) is 19.2 Å². The lowest BCUT2D eigenvalue weighted by atomic mass is 9.81. The predicted molar refractivity (Wildman–Crippen MR) is 57.1 cm³/mol. The van der Waals surface area contributed by atoms with Crippen LogP contribution in [0.25, 0.3) is 0 Å². The quantitative estimate of drug-likeness (QED) is 0.599. The summed E-state index contributed by atoms with van der Waals surface area (Å²) in [6.45, 7) is -13.6. The van der Waals surface area contributed by atoms with Crippen molar-refractivity contribution >= 4 is 18.4 Å². The molecule has 2 rings (SSSR count). The molecular formula is C9H13BN2O3. The zero-order chi connectivity index (χ0) is 20.5. The van der Waals surface area contributed by atoms with Gasteiger partial charge in [-0.25, -0.2) is 4.98 Å². The Morgan fingerprint density at radius 3 is 2.93 bits per heavy atom. The number of rotatable bonds is 2. The Morgan fingerprint density at radius 1 is 1.53 bits per heavy atom. The SMILES string of the molecule is [2H]c1nc(N2C([2H])([2H])C([2H])([2H])OC([2H])([2H])C2([2H])[2H])c([2H])c(B(O)O)c1[2H]. The lowest BCUT2D eigenvalue weighted by Crippen LogP contribution is -2.38. The summed E-state index contributed by atoms with van der Waals surface area (Å²) in [5, 5.41) is 18.6. The number of ether oxygens (including phenoxy) is 1. The summed E-state index contributed by atoms with van der Waals surface area (Å²) in [4.78, 5) is 3.23. The summed E-state index contributed by atoms with van der Waals surface area (Å²) >= 11 is 0. The Hall–Kier alpha value is -1.11. The molecule has 1 aromatic heterocycles. The minimum atomic E-state index is -3.42. The van der Waals surface area contributed by atoms with Crippen LogP contribution < -0.4 is 10.4 Å². The van der Waals surface area contributed by atoms with E-state index in [-0.39, 0.29) is 4.90 Å². The van der Waals surface area contributed by atoms with Gasteiger partial charge in [0.1, 0.15) is 5.82 Å². The van der Waals surface area contributed by atoms with Crippen molar-refractivity contribution in [2.45, 2.75) is 0 Å². The molecule has 0 aliphatic carbocycles. The summed E-state index contributed by atoms with van der Waals surface area (Å²) in [6.07, 6.45) is -0.974. The van der Waals surface area contributed by atoms with Gasteiger partial charge < -0.3 is 19.7 Å². The van der Waals surface area contributed by atoms with Gasteiger partial charge in [-0.1, -0.05) is 0 Å². The van der Waals surface area contributed by atoms with Crippen molar-refractivity contribution < 1.29 is 29.9 Å². The fourth-order valence-corrected chi connectivity index (χ4v) is 0.852. The summed E-state index contributed by atoms with van der Waals surface area (Å²) in [7, 11) is -2.45. The molecule has 0 bridgehead atoms. The molecule has 0 aromatic carbocycles. The van der Waals surface area contributed by atoms with Gasteiger partial charge in [0.15, 0.2) is 0 Å². The molecule has 1 fully saturated rings. The van der Waals surface area contributed by atoms with Gasteiger partial charge >= 0.3 is 7.12 Å². The molecule has 0 amide bonds. The molecule has 0 radical (unpaired) electrons. The summed E-state index contributed by atoms with van der Waals surface area (Å²) < 4.78 is 89.3. The Labute approximate surface area is 104 Å². The van der Waals surface area contributed by atoms with Crippen molar-refractivity contribution in [2.24, 2.45) is 0 Å². The first-order valence-corrected chi connectivity index (χ1v) is 3.83.